The molecule has 0 spiro atoms. The second kappa shape index (κ2) is 8.76. The van der Waals surface area contributed by atoms with E-state index in [4.69, 9.17) is 5.11 Å². The van der Waals surface area contributed by atoms with E-state index in [0.717, 1.165) is 17.8 Å². The van der Waals surface area contributed by atoms with Crippen LogP contribution in [0.2, 0.25) is 0 Å². The molecule has 11 heteroatoms. The number of anilines is 1. The summed E-state index contributed by atoms with van der Waals surface area (Å²) in [5, 5.41) is 22.8. The summed E-state index contributed by atoms with van der Waals surface area (Å²) in [5.74, 6) is -2.42. The minimum Gasteiger partial charge on any atom is -0.480 e. The Bertz CT molecular complexity index is 1120. The van der Waals surface area contributed by atoms with Gasteiger partial charge in [-0.2, -0.15) is 4.99 Å². The number of carboxylic acid groups (broad SMARTS) is 1. The van der Waals surface area contributed by atoms with Gasteiger partial charge in [0.2, 0.25) is 0 Å². The fraction of sp³-hybridized carbons (Fsp3) is 0.105. The third-order valence-corrected chi connectivity index (χ3v) is 6.15. The summed E-state index contributed by atoms with van der Waals surface area (Å²) in [7, 11) is 0. The molecular formula is C19H13BrFN3O5S. The number of carbonyl (C=O) groups excluding carboxylic acids is 1. The van der Waals surface area contributed by atoms with Crippen molar-refractivity contribution < 1.29 is 24.0 Å². The Morgan fingerprint density at radius 2 is 1.97 bits per heavy atom. The lowest BCUT2D eigenvalue weighted by Gasteiger charge is -2.10. The van der Waals surface area contributed by atoms with Crippen LogP contribution in [0.5, 0.6) is 0 Å². The Kier molecular flexibility index (Phi) is 6.32. The summed E-state index contributed by atoms with van der Waals surface area (Å²) in [6.45, 7) is 1.70. The van der Waals surface area contributed by atoms with E-state index in [1.54, 1.807) is 19.1 Å². The molecule has 1 atom stereocenters. The standard InChI is InChI=1S/C19H13BrFN3O5S/c1-9(10-2-5-12(6-3-10)24(28)29)16-17(25)23-19(30-16)22-11-4-7-13(14(21)8-11)15(20)18(26)27/h2-8,15H,1H3,(H,26,27)(H,22,23,25)/b16-9+. The monoisotopic (exact) mass is 493 g/mol. The van der Waals surface area contributed by atoms with Crippen molar-refractivity contribution in [3.63, 3.8) is 0 Å². The van der Waals surface area contributed by atoms with Gasteiger partial charge in [-0.25, -0.2) is 4.39 Å². The Morgan fingerprint density at radius 1 is 1.30 bits per heavy atom. The van der Waals surface area contributed by atoms with E-state index >= 15 is 0 Å². The number of benzene rings is 2. The third kappa shape index (κ3) is 4.57. The van der Waals surface area contributed by atoms with Crippen LogP contribution in [0.25, 0.3) is 5.57 Å². The molecule has 0 bridgehead atoms. The van der Waals surface area contributed by atoms with E-state index in [1.165, 1.54) is 24.3 Å². The van der Waals surface area contributed by atoms with Crippen molar-refractivity contribution in [2.24, 2.45) is 4.99 Å². The highest BCUT2D eigenvalue weighted by molar-refractivity contribution is 9.09. The quantitative estimate of drug-likeness (QED) is 0.267. The van der Waals surface area contributed by atoms with E-state index in [1.807, 2.05) is 0 Å². The van der Waals surface area contributed by atoms with Crippen LogP contribution >= 0.6 is 27.7 Å². The van der Waals surface area contributed by atoms with E-state index in [2.05, 4.69) is 26.2 Å². The summed E-state index contributed by atoms with van der Waals surface area (Å²) in [5.41, 5.74) is 1.46. The number of nitrogens with one attached hydrogen (secondary N) is 1. The molecule has 0 aromatic heterocycles. The molecule has 154 valence electrons. The van der Waals surface area contributed by atoms with Gasteiger partial charge in [0.05, 0.1) is 9.83 Å². The minimum atomic E-state index is -1.22. The number of alkyl halides is 1. The number of carboxylic acids is 1. The zero-order chi connectivity index (χ0) is 22.0. The van der Waals surface area contributed by atoms with Crippen LogP contribution < -0.4 is 5.32 Å². The summed E-state index contributed by atoms with van der Waals surface area (Å²) >= 11 is 3.96. The van der Waals surface area contributed by atoms with Crippen molar-refractivity contribution in [1.29, 1.82) is 0 Å². The van der Waals surface area contributed by atoms with E-state index in [0.29, 0.717) is 21.7 Å². The topological polar surface area (TPSA) is 122 Å². The Morgan fingerprint density at radius 3 is 2.53 bits per heavy atom. The van der Waals surface area contributed by atoms with Gasteiger partial charge < -0.3 is 10.4 Å². The molecule has 0 saturated carbocycles. The van der Waals surface area contributed by atoms with Gasteiger partial charge in [0.15, 0.2) is 5.17 Å². The molecule has 1 aliphatic heterocycles. The summed E-state index contributed by atoms with van der Waals surface area (Å²) in [4.78, 5) is 36.6. The number of allylic oxidation sites excluding steroid dienone is 1. The van der Waals surface area contributed by atoms with Gasteiger partial charge in [0, 0.05) is 23.4 Å². The van der Waals surface area contributed by atoms with Crippen LogP contribution in [0.4, 0.5) is 15.8 Å². The lowest BCUT2D eigenvalue weighted by molar-refractivity contribution is -0.384. The first kappa shape index (κ1) is 21.7. The number of thioether (sulfide) groups is 1. The van der Waals surface area contributed by atoms with E-state index < -0.39 is 27.4 Å². The fourth-order valence-corrected chi connectivity index (χ4v) is 3.89. The molecule has 0 radical (unpaired) electrons. The minimum absolute atomic E-state index is 0.0280. The van der Waals surface area contributed by atoms with Crippen LogP contribution in [0.3, 0.4) is 0 Å². The highest BCUT2D eigenvalue weighted by Gasteiger charge is 2.26. The number of halogens is 2. The van der Waals surface area contributed by atoms with E-state index in [9.17, 15) is 24.1 Å². The van der Waals surface area contributed by atoms with Gasteiger partial charge in [0.1, 0.15) is 10.6 Å². The number of aliphatic imine (C=N–C) groups is 1. The van der Waals surface area contributed by atoms with Crippen molar-refractivity contribution in [2.75, 3.05) is 5.32 Å². The van der Waals surface area contributed by atoms with Crippen molar-refractivity contribution in [3.05, 3.63) is 74.4 Å². The molecule has 0 saturated heterocycles. The molecule has 2 aromatic rings. The van der Waals surface area contributed by atoms with Crippen molar-refractivity contribution in [1.82, 2.24) is 0 Å². The highest BCUT2D eigenvalue weighted by Crippen LogP contribution is 2.35. The first-order chi connectivity index (χ1) is 14.2. The number of non-ortho nitro benzene ring substituents is 1. The van der Waals surface area contributed by atoms with E-state index in [-0.39, 0.29) is 16.4 Å². The van der Waals surface area contributed by atoms with Crippen LogP contribution in [-0.2, 0) is 9.59 Å². The van der Waals surface area contributed by atoms with Crippen LogP contribution in [0, 0.1) is 15.9 Å². The fourth-order valence-electron chi connectivity index (χ4n) is 2.63. The van der Waals surface area contributed by atoms with Gasteiger partial charge in [-0.15, -0.1) is 0 Å². The number of amidine groups is 1. The first-order valence-corrected chi connectivity index (χ1v) is 10.1. The molecule has 0 fully saturated rings. The zero-order valence-electron chi connectivity index (χ0n) is 15.3. The van der Waals surface area contributed by atoms with Gasteiger partial charge in [-0.3, -0.25) is 19.7 Å². The zero-order valence-corrected chi connectivity index (χ0v) is 17.7. The highest BCUT2D eigenvalue weighted by atomic mass is 79.9. The molecular weight excluding hydrogens is 481 g/mol. The average Bonchev–Trinajstić information content (AvgIpc) is 3.07. The molecule has 1 unspecified atom stereocenters. The molecule has 8 nitrogen and oxygen atoms in total. The van der Waals surface area contributed by atoms with Gasteiger partial charge >= 0.3 is 5.97 Å². The van der Waals surface area contributed by atoms with Gasteiger partial charge in [0.25, 0.3) is 11.6 Å². The molecule has 1 amide bonds. The smallest absolute Gasteiger partial charge is 0.321 e. The Balaban J connectivity index is 1.77. The second-order valence-corrected chi connectivity index (χ2v) is 8.06. The Labute approximate surface area is 182 Å². The first-order valence-electron chi connectivity index (χ1n) is 8.37. The number of nitro groups is 1. The average molecular weight is 494 g/mol. The van der Waals surface area contributed by atoms with Crippen molar-refractivity contribution in [2.45, 2.75) is 11.8 Å². The lowest BCUT2D eigenvalue weighted by Crippen LogP contribution is -2.09. The van der Waals surface area contributed by atoms with Crippen molar-refractivity contribution in [3.8, 4) is 0 Å². The predicted octanol–water partition coefficient (Wildman–Crippen LogP) is 4.73. The largest absolute Gasteiger partial charge is 0.480 e. The third-order valence-electron chi connectivity index (χ3n) is 4.19. The number of carbonyl (C=O) groups is 2. The molecule has 2 aromatic carbocycles. The number of hydrogen-bond acceptors (Lipinski definition) is 6. The van der Waals surface area contributed by atoms with Crippen LogP contribution in [0.15, 0.2) is 52.4 Å². The summed E-state index contributed by atoms with van der Waals surface area (Å²) < 4.78 is 14.2. The predicted molar refractivity (Wildman–Crippen MR) is 115 cm³/mol. The number of hydrogen-bond donors (Lipinski definition) is 2. The SMILES string of the molecule is C/C(=C1\SC(Nc2ccc(C(Br)C(=O)O)c(F)c2)=NC1=O)c1ccc([N+](=O)[O-])cc1. The summed E-state index contributed by atoms with van der Waals surface area (Å²) in [6, 6.07) is 9.72. The number of nitrogens with zero attached hydrogens (tertiary/aromatic N) is 2. The maximum absolute atomic E-state index is 14.2. The Hall–Kier alpha value is -3.05. The van der Waals surface area contributed by atoms with Gasteiger partial charge in [-0.1, -0.05) is 22.0 Å². The maximum Gasteiger partial charge on any atom is 0.321 e. The second-order valence-electron chi connectivity index (χ2n) is 6.14. The lowest BCUT2D eigenvalue weighted by atomic mass is 10.1. The normalized spacial score (nSPS) is 16.1. The molecule has 1 heterocycles. The number of aliphatic carboxylic acids is 1. The van der Waals surface area contributed by atoms with Crippen LogP contribution in [-0.4, -0.2) is 27.1 Å². The number of nitro benzene ring substituents is 1. The molecule has 1 aliphatic rings. The number of amides is 1. The molecule has 0 aliphatic carbocycles. The number of rotatable bonds is 5. The molecule has 3 rings (SSSR count). The maximum atomic E-state index is 14.2. The van der Waals surface area contributed by atoms with Crippen molar-refractivity contribution >= 4 is 61.7 Å². The molecule has 2 N–H and O–H groups in total. The van der Waals surface area contributed by atoms with Crippen LogP contribution in [0.1, 0.15) is 22.9 Å². The molecule has 30 heavy (non-hydrogen) atoms. The summed E-state index contributed by atoms with van der Waals surface area (Å²) in [6.07, 6.45) is 0. The van der Waals surface area contributed by atoms with Gasteiger partial charge in [-0.05, 0) is 54.1 Å².